The van der Waals surface area contributed by atoms with Gasteiger partial charge in [-0.3, -0.25) is 0 Å². The van der Waals surface area contributed by atoms with Crippen LogP contribution in [-0.2, 0) is 48.0 Å². The maximum Gasteiger partial charge on any atom is 0.201 e. The van der Waals surface area contributed by atoms with Crippen LogP contribution in [0.2, 0.25) is 0 Å². The molecule has 0 aromatic heterocycles. The molecule has 0 unspecified atom stereocenters. The number of rotatable bonds is 4. The van der Waals surface area contributed by atoms with Gasteiger partial charge in [-0.15, -0.1) is 0 Å². The molecule has 2 saturated carbocycles. The summed E-state index contributed by atoms with van der Waals surface area (Å²) in [5.41, 5.74) is 0.604. The van der Waals surface area contributed by atoms with Crippen LogP contribution in [0.25, 0.3) is 0 Å². The van der Waals surface area contributed by atoms with Crippen LogP contribution in [-0.4, -0.2) is 61.2 Å². The van der Waals surface area contributed by atoms with E-state index in [0.29, 0.717) is 23.7 Å². The van der Waals surface area contributed by atoms with Gasteiger partial charge in [-0.2, -0.15) is 0 Å². The molecule has 4 bridgehead atoms. The molecule has 2 aliphatic carbocycles. The number of benzene rings is 1. The van der Waals surface area contributed by atoms with Crippen molar-refractivity contribution in [2.45, 2.75) is 141 Å². The molecular formula is C42H54O10. The Labute approximate surface area is 308 Å². The summed E-state index contributed by atoms with van der Waals surface area (Å²) in [5.74, 6) is 13.6. The lowest BCUT2D eigenvalue weighted by atomic mass is 9.58. The summed E-state index contributed by atoms with van der Waals surface area (Å²) in [5, 5.41) is 0. The van der Waals surface area contributed by atoms with E-state index in [-0.39, 0.29) is 36.9 Å². The Morgan fingerprint density at radius 2 is 1.00 bits per heavy atom. The van der Waals surface area contributed by atoms with E-state index in [9.17, 15) is 0 Å². The molecule has 16 atom stereocenters. The summed E-state index contributed by atoms with van der Waals surface area (Å²) < 4.78 is 38.4. The Bertz CT molecular complexity index is 1510. The molecule has 8 heterocycles. The van der Waals surface area contributed by atoms with Crippen molar-refractivity contribution in [2.24, 2.45) is 47.3 Å². The lowest BCUT2D eigenvalue weighted by molar-refractivity contribution is -0.577. The zero-order valence-corrected chi connectivity index (χ0v) is 31.4. The van der Waals surface area contributed by atoms with E-state index in [1.807, 2.05) is 38.1 Å². The number of fused-ring (bicyclic) bond motifs is 4. The lowest BCUT2D eigenvalue weighted by Gasteiger charge is -2.60. The molecule has 2 spiro atoms. The molecule has 52 heavy (non-hydrogen) atoms. The monoisotopic (exact) mass is 718 g/mol. The first-order valence-electron chi connectivity index (χ1n) is 19.7. The SMILES string of the molecule is C[C@H]1[C@@H](OCC#Cc2ccc(C#CCO[C@H]3O[C@@H]4O[C@@]5(C)CC[C@H]6[C@H](C)CC[C@@H]([C@H]3C)[C@@]46OO5)cc2)O[C@@H]2O[C@@]3(C)CC[C@H]4[C@H](C)CC[C@@H]1[C@@]24OO3. The van der Waals surface area contributed by atoms with Gasteiger partial charge in [-0.05, 0) is 100 Å². The summed E-state index contributed by atoms with van der Waals surface area (Å²) in [7, 11) is 0. The quantitative estimate of drug-likeness (QED) is 0.244. The van der Waals surface area contributed by atoms with Gasteiger partial charge in [0, 0.05) is 47.6 Å². The highest BCUT2D eigenvalue weighted by Crippen LogP contribution is 2.62. The maximum absolute atomic E-state index is 6.51. The maximum atomic E-state index is 6.51. The Kier molecular flexibility index (Phi) is 9.12. The van der Waals surface area contributed by atoms with Crippen molar-refractivity contribution in [3.05, 3.63) is 35.4 Å². The van der Waals surface area contributed by atoms with Crippen molar-refractivity contribution in [1.82, 2.24) is 0 Å². The third-order valence-corrected chi connectivity index (χ3v) is 14.2. The minimum absolute atomic E-state index is 0.116. The molecule has 10 aliphatic rings. The largest absolute Gasteiger partial charge is 0.340 e. The third-order valence-electron chi connectivity index (χ3n) is 14.2. The van der Waals surface area contributed by atoms with Crippen LogP contribution in [0.5, 0.6) is 0 Å². The molecule has 10 nitrogen and oxygen atoms in total. The fourth-order valence-corrected chi connectivity index (χ4v) is 11.3. The van der Waals surface area contributed by atoms with Gasteiger partial charge in [0.1, 0.15) is 13.2 Å². The van der Waals surface area contributed by atoms with Crippen LogP contribution in [0.4, 0.5) is 0 Å². The van der Waals surface area contributed by atoms with E-state index in [1.54, 1.807) is 0 Å². The van der Waals surface area contributed by atoms with Crippen LogP contribution >= 0.6 is 0 Å². The van der Waals surface area contributed by atoms with E-state index >= 15 is 0 Å². The molecular weight excluding hydrogens is 664 g/mol. The smallest absolute Gasteiger partial charge is 0.201 e. The van der Waals surface area contributed by atoms with Crippen LogP contribution in [0, 0.1) is 71.0 Å². The molecule has 10 fully saturated rings. The first-order valence-corrected chi connectivity index (χ1v) is 19.7. The normalized spacial score (nSPS) is 50.0. The summed E-state index contributed by atoms with van der Waals surface area (Å²) >= 11 is 0. The Morgan fingerprint density at radius 3 is 1.42 bits per heavy atom. The fourth-order valence-electron chi connectivity index (χ4n) is 11.3. The average Bonchev–Trinajstić information content (AvgIpc) is 3.51. The number of hydrogen-bond acceptors (Lipinski definition) is 10. The van der Waals surface area contributed by atoms with Crippen molar-refractivity contribution < 1.29 is 48.0 Å². The highest BCUT2D eigenvalue weighted by atomic mass is 17.3. The standard InChI is InChI=1S/C42H54O10/c1-25-11-17-33-27(3)35(45-37-41(33)31(25)19-21-39(5,47-37)49-51-41)43-23-7-9-29-13-15-30(16-14-29)10-8-24-44-36-28(4)34-18-12-26(2)32-20-22-40(6)48-38(46-36)42(32,34)52-50-40/h13-16,25-28,31-38H,11-12,17-24H2,1-6H3/t25-,26-,27-,28-,31+,32+,33+,34+,35+,36+,37-,38-,39-,40-,41-,42-/m1/s1. The van der Waals surface area contributed by atoms with E-state index in [0.717, 1.165) is 62.5 Å². The minimum atomic E-state index is -0.801. The van der Waals surface area contributed by atoms with Crippen LogP contribution in [0.15, 0.2) is 24.3 Å². The van der Waals surface area contributed by atoms with Gasteiger partial charge in [0.15, 0.2) is 36.4 Å². The van der Waals surface area contributed by atoms with Crippen molar-refractivity contribution in [1.29, 1.82) is 0 Å². The van der Waals surface area contributed by atoms with Gasteiger partial charge in [-0.1, -0.05) is 51.4 Å². The fraction of sp³-hybridized carbons (Fsp3) is 0.762. The van der Waals surface area contributed by atoms with Crippen molar-refractivity contribution in [2.75, 3.05) is 13.2 Å². The van der Waals surface area contributed by atoms with Crippen molar-refractivity contribution >= 4 is 0 Å². The summed E-state index contributed by atoms with van der Waals surface area (Å²) in [4.78, 5) is 24.3. The molecule has 1 aromatic carbocycles. The molecule has 8 aliphatic heterocycles. The molecule has 282 valence electrons. The molecule has 8 saturated heterocycles. The van der Waals surface area contributed by atoms with Gasteiger partial charge in [0.05, 0.1) is 0 Å². The topological polar surface area (TPSA) is 92.3 Å². The van der Waals surface area contributed by atoms with Crippen molar-refractivity contribution in [3.8, 4) is 23.7 Å². The first kappa shape index (κ1) is 35.6. The Balaban J connectivity index is 0.789. The molecule has 0 radical (unpaired) electrons. The summed E-state index contributed by atoms with van der Waals surface area (Å²) in [6, 6.07) is 7.91. The van der Waals surface area contributed by atoms with E-state index in [4.69, 9.17) is 48.0 Å². The van der Waals surface area contributed by atoms with Crippen molar-refractivity contribution in [3.63, 3.8) is 0 Å². The Morgan fingerprint density at radius 1 is 0.577 bits per heavy atom. The van der Waals surface area contributed by atoms with E-state index in [1.165, 1.54) is 0 Å². The first-order chi connectivity index (χ1) is 25.0. The van der Waals surface area contributed by atoms with Gasteiger partial charge in [0.25, 0.3) is 0 Å². The van der Waals surface area contributed by atoms with Crippen LogP contribution in [0.3, 0.4) is 0 Å². The van der Waals surface area contributed by atoms with Crippen LogP contribution in [0.1, 0.15) is 104 Å². The molecule has 11 rings (SSSR count). The second-order valence-corrected chi connectivity index (χ2v) is 17.4. The zero-order chi connectivity index (χ0) is 35.9. The van der Waals surface area contributed by atoms with E-state index < -0.39 is 47.9 Å². The van der Waals surface area contributed by atoms with Gasteiger partial charge in [-0.25, -0.2) is 19.6 Å². The molecule has 10 heteroatoms. The third kappa shape index (κ3) is 5.72. The van der Waals surface area contributed by atoms with Gasteiger partial charge in [0.2, 0.25) is 11.6 Å². The second-order valence-electron chi connectivity index (χ2n) is 17.4. The molecule has 0 amide bonds. The minimum Gasteiger partial charge on any atom is -0.340 e. The second kappa shape index (κ2) is 13.3. The van der Waals surface area contributed by atoms with Crippen LogP contribution < -0.4 is 0 Å². The highest BCUT2D eigenvalue weighted by Gasteiger charge is 2.71. The molecule has 1 aromatic rings. The molecule has 0 N–H and O–H groups in total. The van der Waals surface area contributed by atoms with Gasteiger partial charge < -0.3 is 28.4 Å². The number of hydrogen-bond donors (Lipinski definition) is 0. The zero-order valence-electron chi connectivity index (χ0n) is 31.4. The predicted molar refractivity (Wildman–Crippen MR) is 186 cm³/mol. The average molecular weight is 719 g/mol. The summed E-state index contributed by atoms with van der Waals surface area (Å²) in [6.07, 6.45) is 6.07. The number of ether oxygens (including phenoxy) is 6. The summed E-state index contributed by atoms with van der Waals surface area (Å²) in [6.45, 7) is 13.4. The Hall–Kier alpha value is -2.06. The van der Waals surface area contributed by atoms with E-state index in [2.05, 4.69) is 51.4 Å². The van der Waals surface area contributed by atoms with Gasteiger partial charge >= 0.3 is 0 Å². The predicted octanol–water partition coefficient (Wildman–Crippen LogP) is 6.84. The lowest BCUT2D eigenvalue weighted by Crippen LogP contribution is -2.70. The highest BCUT2D eigenvalue weighted by molar-refractivity contribution is 5.42.